The summed E-state index contributed by atoms with van der Waals surface area (Å²) in [6, 6.07) is 22.3. The van der Waals surface area contributed by atoms with Crippen LogP contribution >= 0.6 is 0 Å². The van der Waals surface area contributed by atoms with Crippen molar-refractivity contribution in [3.63, 3.8) is 0 Å². The third-order valence-electron chi connectivity index (χ3n) is 6.00. The Morgan fingerprint density at radius 1 is 1.03 bits per heavy atom. The standard InChI is InChI=1S/C28H28FN3O4/c1-35-15-14-31(28(34)22-11-6-12-23(29)16-22)19-27(33)32-26(20-8-4-3-5-9-20)18-25(30-32)21-10-7-13-24(17-21)36-2/h3-13,16-17,26H,14-15,18-19H2,1-2H3/t26-/m0/s1. The van der Waals surface area contributed by atoms with Gasteiger partial charge in [-0.15, -0.1) is 0 Å². The van der Waals surface area contributed by atoms with Crippen molar-refractivity contribution >= 4 is 17.5 Å². The van der Waals surface area contributed by atoms with Crippen molar-refractivity contribution in [2.24, 2.45) is 5.10 Å². The van der Waals surface area contributed by atoms with Gasteiger partial charge in [-0.25, -0.2) is 9.40 Å². The molecule has 2 amide bonds. The van der Waals surface area contributed by atoms with Gasteiger partial charge in [-0.3, -0.25) is 9.59 Å². The number of hydrazone groups is 1. The Morgan fingerprint density at radius 3 is 2.53 bits per heavy atom. The molecule has 1 heterocycles. The van der Waals surface area contributed by atoms with E-state index in [4.69, 9.17) is 9.47 Å². The summed E-state index contributed by atoms with van der Waals surface area (Å²) in [6.07, 6.45) is 0.513. The fourth-order valence-corrected chi connectivity index (χ4v) is 4.15. The number of benzene rings is 3. The largest absolute Gasteiger partial charge is 0.497 e. The second-order valence-electron chi connectivity index (χ2n) is 8.38. The molecule has 36 heavy (non-hydrogen) atoms. The average Bonchev–Trinajstić information content (AvgIpc) is 3.37. The number of ether oxygens (including phenoxy) is 2. The molecule has 0 saturated heterocycles. The van der Waals surface area contributed by atoms with Crippen molar-refractivity contribution in [1.82, 2.24) is 9.91 Å². The summed E-state index contributed by atoms with van der Waals surface area (Å²) in [5.41, 5.74) is 2.71. The van der Waals surface area contributed by atoms with Gasteiger partial charge in [0.25, 0.3) is 11.8 Å². The molecule has 0 aliphatic carbocycles. The van der Waals surface area contributed by atoms with Gasteiger partial charge in [-0.05, 0) is 35.9 Å². The molecule has 0 saturated carbocycles. The minimum Gasteiger partial charge on any atom is -0.497 e. The van der Waals surface area contributed by atoms with E-state index in [1.165, 1.54) is 35.2 Å². The van der Waals surface area contributed by atoms with Gasteiger partial charge in [0.1, 0.15) is 18.1 Å². The Morgan fingerprint density at radius 2 is 1.81 bits per heavy atom. The van der Waals surface area contributed by atoms with Crippen molar-refractivity contribution in [1.29, 1.82) is 0 Å². The predicted molar refractivity (Wildman–Crippen MR) is 134 cm³/mol. The number of carbonyl (C=O) groups is 2. The Labute approximate surface area is 209 Å². The highest BCUT2D eigenvalue weighted by atomic mass is 19.1. The highest BCUT2D eigenvalue weighted by molar-refractivity contribution is 6.04. The summed E-state index contributed by atoms with van der Waals surface area (Å²) in [5, 5.41) is 6.13. The molecule has 0 aromatic heterocycles. The lowest BCUT2D eigenvalue weighted by Crippen LogP contribution is -2.42. The normalized spacial score (nSPS) is 14.9. The van der Waals surface area contributed by atoms with Crippen LogP contribution in [-0.4, -0.2) is 61.4 Å². The molecule has 7 nitrogen and oxygen atoms in total. The minimum absolute atomic E-state index is 0.167. The van der Waals surface area contributed by atoms with Crippen LogP contribution in [0.4, 0.5) is 4.39 Å². The smallest absolute Gasteiger partial charge is 0.262 e. The molecular weight excluding hydrogens is 461 g/mol. The predicted octanol–water partition coefficient (Wildman–Crippen LogP) is 4.30. The van der Waals surface area contributed by atoms with Crippen molar-refractivity contribution in [2.75, 3.05) is 33.9 Å². The van der Waals surface area contributed by atoms with Crippen molar-refractivity contribution in [3.05, 3.63) is 101 Å². The Hall–Kier alpha value is -4.04. The van der Waals surface area contributed by atoms with Crippen LogP contribution in [0.2, 0.25) is 0 Å². The second-order valence-corrected chi connectivity index (χ2v) is 8.38. The highest BCUT2D eigenvalue weighted by Crippen LogP contribution is 2.33. The van der Waals surface area contributed by atoms with Gasteiger partial charge in [0.15, 0.2) is 0 Å². The van der Waals surface area contributed by atoms with E-state index >= 15 is 0 Å². The fraction of sp³-hybridized carbons (Fsp3) is 0.250. The SMILES string of the molecule is COCCN(CC(=O)N1N=C(c2cccc(OC)c2)C[C@H]1c1ccccc1)C(=O)c1cccc(F)c1. The lowest BCUT2D eigenvalue weighted by molar-refractivity contribution is -0.133. The van der Waals surface area contributed by atoms with Gasteiger partial charge in [0.2, 0.25) is 0 Å². The van der Waals surface area contributed by atoms with E-state index in [9.17, 15) is 14.0 Å². The first-order chi connectivity index (χ1) is 17.5. The van der Waals surface area contributed by atoms with Gasteiger partial charge in [-0.2, -0.15) is 5.10 Å². The highest BCUT2D eigenvalue weighted by Gasteiger charge is 2.34. The Kier molecular flexibility index (Phi) is 8.07. The summed E-state index contributed by atoms with van der Waals surface area (Å²) >= 11 is 0. The van der Waals surface area contributed by atoms with Crippen molar-refractivity contribution in [2.45, 2.75) is 12.5 Å². The van der Waals surface area contributed by atoms with Crippen LogP contribution in [0.25, 0.3) is 0 Å². The zero-order chi connectivity index (χ0) is 25.5. The number of nitrogens with zero attached hydrogens (tertiary/aromatic N) is 3. The lowest BCUT2D eigenvalue weighted by atomic mass is 9.98. The quantitative estimate of drug-likeness (QED) is 0.449. The number of halogens is 1. The van der Waals surface area contributed by atoms with Crippen LogP contribution in [0.15, 0.2) is 84.0 Å². The first-order valence-corrected chi connectivity index (χ1v) is 11.6. The molecular formula is C28H28FN3O4. The monoisotopic (exact) mass is 489 g/mol. The molecule has 0 fully saturated rings. The first-order valence-electron chi connectivity index (χ1n) is 11.6. The van der Waals surface area contributed by atoms with Gasteiger partial charge >= 0.3 is 0 Å². The number of carbonyl (C=O) groups excluding carboxylic acids is 2. The summed E-state index contributed by atoms with van der Waals surface area (Å²) in [5.74, 6) is -0.618. The van der Waals surface area contributed by atoms with Crippen molar-refractivity contribution < 1.29 is 23.5 Å². The fourth-order valence-electron chi connectivity index (χ4n) is 4.15. The van der Waals surface area contributed by atoms with Crippen LogP contribution in [0, 0.1) is 5.82 Å². The van der Waals surface area contributed by atoms with Crippen LogP contribution in [-0.2, 0) is 9.53 Å². The third kappa shape index (κ3) is 5.78. The van der Waals surface area contributed by atoms with Crippen LogP contribution in [0.3, 0.4) is 0 Å². The zero-order valence-electron chi connectivity index (χ0n) is 20.3. The van der Waals surface area contributed by atoms with E-state index in [1.807, 2.05) is 54.6 Å². The number of hydrogen-bond acceptors (Lipinski definition) is 5. The molecule has 4 rings (SSSR count). The third-order valence-corrected chi connectivity index (χ3v) is 6.00. The van der Waals surface area contributed by atoms with Crippen LogP contribution in [0.5, 0.6) is 5.75 Å². The molecule has 0 unspecified atom stereocenters. The number of hydrogen-bond donors (Lipinski definition) is 0. The second kappa shape index (κ2) is 11.6. The Balaban J connectivity index is 1.63. The summed E-state index contributed by atoms with van der Waals surface area (Å²) in [7, 11) is 3.12. The summed E-state index contributed by atoms with van der Waals surface area (Å²) in [4.78, 5) is 28.1. The topological polar surface area (TPSA) is 71.4 Å². The molecule has 3 aromatic carbocycles. The van der Waals surface area contributed by atoms with E-state index in [0.29, 0.717) is 12.2 Å². The van der Waals surface area contributed by atoms with E-state index in [1.54, 1.807) is 7.11 Å². The number of rotatable bonds is 9. The summed E-state index contributed by atoms with van der Waals surface area (Å²) in [6.45, 7) is 0.180. The molecule has 0 spiro atoms. The lowest BCUT2D eigenvalue weighted by Gasteiger charge is -2.27. The van der Waals surface area contributed by atoms with E-state index < -0.39 is 11.7 Å². The van der Waals surface area contributed by atoms with E-state index in [0.717, 1.165) is 22.9 Å². The van der Waals surface area contributed by atoms with E-state index in [-0.39, 0.29) is 37.2 Å². The molecule has 1 aliphatic rings. The van der Waals surface area contributed by atoms with E-state index in [2.05, 4.69) is 5.10 Å². The average molecular weight is 490 g/mol. The maximum atomic E-state index is 13.8. The molecule has 0 bridgehead atoms. The maximum absolute atomic E-state index is 13.8. The van der Waals surface area contributed by atoms with Crippen molar-refractivity contribution in [3.8, 4) is 5.75 Å². The molecule has 1 aliphatic heterocycles. The van der Waals surface area contributed by atoms with Gasteiger partial charge < -0.3 is 14.4 Å². The Bertz CT molecular complexity index is 1250. The molecule has 8 heteroatoms. The number of amides is 2. The van der Waals surface area contributed by atoms with Gasteiger partial charge in [-0.1, -0.05) is 48.5 Å². The molecule has 1 atom stereocenters. The molecule has 0 N–H and O–H groups in total. The van der Waals surface area contributed by atoms with Gasteiger partial charge in [0, 0.05) is 31.2 Å². The zero-order valence-corrected chi connectivity index (χ0v) is 20.3. The van der Waals surface area contributed by atoms with Crippen LogP contribution < -0.4 is 4.74 Å². The van der Waals surface area contributed by atoms with Crippen LogP contribution in [0.1, 0.15) is 33.9 Å². The number of methoxy groups -OCH3 is 2. The molecule has 3 aromatic rings. The molecule has 0 radical (unpaired) electrons. The minimum atomic E-state index is -0.518. The summed E-state index contributed by atoms with van der Waals surface area (Å²) < 4.78 is 24.2. The molecule has 186 valence electrons. The first kappa shape index (κ1) is 25.1. The maximum Gasteiger partial charge on any atom is 0.262 e. The van der Waals surface area contributed by atoms with Gasteiger partial charge in [0.05, 0.1) is 25.5 Å².